The van der Waals surface area contributed by atoms with E-state index < -0.39 is 22.0 Å². The SMILES string of the molecule is CCCCCCCCCCCCCCCCCC(=O)C(C(=O)CCCCCCCCCCCCCCCCC)C(O)([NH2+]C)C(=O)CCCCCCCCCCCCCCCCC.COS(=O)(=O)[O-]. The van der Waals surface area contributed by atoms with Crippen LogP contribution in [0.2, 0.25) is 0 Å². The summed E-state index contributed by atoms with van der Waals surface area (Å²) < 4.78 is 31.0. The van der Waals surface area contributed by atoms with E-state index in [4.69, 9.17) is 0 Å². The van der Waals surface area contributed by atoms with Crippen molar-refractivity contribution in [2.24, 2.45) is 5.92 Å². The number of hydrogen-bond donors (Lipinski definition) is 2. The molecule has 0 saturated carbocycles. The molecular weight excluding hydrogens is 871 g/mol. The van der Waals surface area contributed by atoms with E-state index in [-0.39, 0.29) is 36.6 Å². The Kier molecular flexibility index (Phi) is 52.8. The molecule has 0 aromatic carbocycles. The molecular formula is C58H115NO8S. The molecule has 0 fully saturated rings. The topological polar surface area (TPSA) is 154 Å². The van der Waals surface area contributed by atoms with E-state index in [0.717, 1.165) is 58.5 Å². The van der Waals surface area contributed by atoms with Crippen LogP contribution in [0.3, 0.4) is 0 Å². The lowest BCUT2D eigenvalue weighted by molar-refractivity contribution is -0.732. The van der Waals surface area contributed by atoms with Gasteiger partial charge in [0, 0.05) is 19.3 Å². The molecule has 0 bridgehead atoms. The minimum absolute atomic E-state index is 0.226. The third-order valence-electron chi connectivity index (χ3n) is 14.2. The Morgan fingerprint density at radius 2 is 0.588 bits per heavy atom. The van der Waals surface area contributed by atoms with Gasteiger partial charge >= 0.3 is 0 Å². The Labute approximate surface area is 422 Å². The van der Waals surface area contributed by atoms with Crippen LogP contribution in [-0.2, 0) is 29.0 Å². The fourth-order valence-corrected chi connectivity index (χ4v) is 9.65. The van der Waals surface area contributed by atoms with Crippen LogP contribution in [0.5, 0.6) is 0 Å². The van der Waals surface area contributed by atoms with Crippen molar-refractivity contribution in [1.82, 2.24) is 0 Å². The lowest BCUT2D eigenvalue weighted by Crippen LogP contribution is -2.99. The van der Waals surface area contributed by atoms with E-state index >= 15 is 0 Å². The van der Waals surface area contributed by atoms with Crippen LogP contribution < -0.4 is 5.32 Å². The first-order valence-electron chi connectivity index (χ1n) is 29.6. The van der Waals surface area contributed by atoms with Gasteiger partial charge < -0.3 is 15.0 Å². The summed E-state index contributed by atoms with van der Waals surface area (Å²) in [6, 6.07) is 0. The number of carbonyl (C=O) groups is 3. The van der Waals surface area contributed by atoms with Crippen LogP contribution in [0, 0.1) is 5.92 Å². The van der Waals surface area contributed by atoms with E-state index in [1.807, 2.05) is 0 Å². The summed E-state index contributed by atoms with van der Waals surface area (Å²) in [5.41, 5.74) is -1.99. The first kappa shape index (κ1) is 68.9. The third-order valence-corrected chi connectivity index (χ3v) is 14.6. The average molecular weight is 987 g/mol. The first-order valence-corrected chi connectivity index (χ1v) is 30.9. The van der Waals surface area contributed by atoms with Crippen molar-refractivity contribution in [1.29, 1.82) is 0 Å². The van der Waals surface area contributed by atoms with Crippen LogP contribution in [0.1, 0.15) is 329 Å². The number of unbranched alkanes of at least 4 members (excludes halogenated alkanes) is 42. The van der Waals surface area contributed by atoms with Crippen molar-refractivity contribution in [3.8, 4) is 0 Å². The molecule has 0 radical (unpaired) electrons. The van der Waals surface area contributed by atoms with Gasteiger partial charge in [0.15, 0.2) is 17.5 Å². The summed E-state index contributed by atoms with van der Waals surface area (Å²) in [6.07, 6.45) is 57.3. The van der Waals surface area contributed by atoms with Crippen molar-refractivity contribution in [2.45, 2.75) is 335 Å². The number of carbonyl (C=O) groups excluding carboxylic acids is 3. The fourth-order valence-electron chi connectivity index (χ4n) is 9.65. The van der Waals surface area contributed by atoms with Gasteiger partial charge in [-0.1, -0.05) is 290 Å². The fraction of sp³-hybridized carbons (Fsp3) is 0.948. The Balaban J connectivity index is 0. The summed E-state index contributed by atoms with van der Waals surface area (Å²) in [5.74, 6) is -2.05. The number of rotatable bonds is 54. The number of likely N-dealkylation sites (N-methyl/N-ethyl adjacent to an activating group) is 1. The van der Waals surface area contributed by atoms with Crippen molar-refractivity contribution in [3.05, 3.63) is 0 Å². The second kappa shape index (κ2) is 52.1. The number of hydrogen-bond acceptors (Lipinski definition) is 8. The Morgan fingerprint density at radius 3 is 0.765 bits per heavy atom. The predicted octanol–water partition coefficient (Wildman–Crippen LogP) is 16.1. The van der Waals surface area contributed by atoms with Crippen LogP contribution in [-0.4, -0.2) is 55.3 Å². The molecule has 1 unspecified atom stereocenters. The zero-order valence-corrected chi connectivity index (χ0v) is 46.6. The van der Waals surface area contributed by atoms with Crippen LogP contribution >= 0.6 is 0 Å². The minimum atomic E-state index is -4.41. The summed E-state index contributed by atoms with van der Waals surface area (Å²) in [6.45, 7) is 6.83. The predicted molar refractivity (Wildman–Crippen MR) is 287 cm³/mol. The van der Waals surface area contributed by atoms with Gasteiger partial charge in [-0.15, -0.1) is 0 Å². The van der Waals surface area contributed by atoms with Gasteiger partial charge in [0.25, 0.3) is 5.72 Å². The van der Waals surface area contributed by atoms with Gasteiger partial charge in [-0.2, -0.15) is 0 Å². The molecule has 0 aliphatic rings. The lowest BCUT2D eigenvalue weighted by Gasteiger charge is -2.29. The van der Waals surface area contributed by atoms with Crippen LogP contribution in [0.4, 0.5) is 0 Å². The Hall–Kier alpha value is -1.20. The van der Waals surface area contributed by atoms with Crippen molar-refractivity contribution < 1.29 is 42.0 Å². The van der Waals surface area contributed by atoms with E-state index in [0.29, 0.717) is 6.42 Å². The second-order valence-electron chi connectivity index (χ2n) is 20.6. The molecule has 0 aromatic rings. The quantitative estimate of drug-likeness (QED) is 0.0201. The van der Waals surface area contributed by atoms with Crippen LogP contribution in [0.25, 0.3) is 0 Å². The Bertz CT molecular complexity index is 1170. The van der Waals surface area contributed by atoms with Gasteiger partial charge in [0.05, 0.1) is 14.2 Å². The molecule has 3 N–H and O–H groups in total. The Morgan fingerprint density at radius 1 is 0.412 bits per heavy atom. The highest BCUT2D eigenvalue weighted by molar-refractivity contribution is 7.80. The lowest BCUT2D eigenvalue weighted by atomic mass is 9.80. The largest absolute Gasteiger partial charge is 0.726 e. The zero-order valence-electron chi connectivity index (χ0n) is 45.8. The van der Waals surface area contributed by atoms with Crippen molar-refractivity contribution in [3.63, 3.8) is 0 Å². The van der Waals surface area contributed by atoms with E-state index in [9.17, 15) is 32.5 Å². The molecule has 1 atom stereocenters. The standard InChI is InChI=1S/C57H111NO4.CH4O4S/c1-5-8-11-14-17-20-23-26-29-32-35-38-41-44-47-50-53(59)56(54(60)51-48-45-42-39-36-33-30-27-24-21-18-15-12-9-6-2)57(62,58-4)55(61)52-49-46-43-40-37-34-31-28-25-22-19-16-13-10-7-3;1-5-6(2,3)4/h56,58,62H,5-52H2,1-4H3;1H3,(H,2,3,4). The number of ketones is 3. The van der Waals surface area contributed by atoms with Gasteiger partial charge in [-0.05, 0) is 19.3 Å². The van der Waals surface area contributed by atoms with Gasteiger partial charge in [0.2, 0.25) is 16.2 Å². The first-order chi connectivity index (χ1) is 32.9. The van der Waals surface area contributed by atoms with E-state index in [2.05, 4.69) is 25.0 Å². The average Bonchev–Trinajstić information content (AvgIpc) is 3.32. The number of quaternary nitrogens is 1. The number of Topliss-reactive ketones (excluding diaryl/α,β-unsaturated/α-hetero) is 3. The van der Waals surface area contributed by atoms with Gasteiger partial charge in [0.1, 0.15) is 0 Å². The third kappa shape index (κ3) is 45.9. The van der Waals surface area contributed by atoms with Crippen LogP contribution in [0.15, 0.2) is 0 Å². The number of aliphatic hydroxyl groups is 1. The maximum Gasteiger partial charge on any atom is 0.275 e. The molecule has 0 rings (SSSR count). The monoisotopic (exact) mass is 986 g/mol. The second-order valence-corrected chi connectivity index (χ2v) is 21.7. The molecule has 0 aliphatic heterocycles. The number of nitrogens with two attached hydrogens (primary N) is 1. The smallest absolute Gasteiger partial charge is 0.275 e. The molecule has 9 nitrogen and oxygen atoms in total. The maximum absolute atomic E-state index is 13.8. The van der Waals surface area contributed by atoms with Gasteiger partial charge in [-0.25, -0.2) is 8.42 Å². The normalized spacial score (nSPS) is 12.6. The van der Waals surface area contributed by atoms with Crippen molar-refractivity contribution >= 4 is 27.7 Å². The molecule has 0 spiro atoms. The molecule has 0 aromatic heterocycles. The van der Waals surface area contributed by atoms with E-state index in [1.165, 1.54) is 236 Å². The molecule has 0 heterocycles. The molecule has 0 aliphatic carbocycles. The minimum Gasteiger partial charge on any atom is -0.726 e. The highest BCUT2D eigenvalue weighted by atomic mass is 32.3. The highest BCUT2D eigenvalue weighted by Crippen LogP contribution is 2.25. The van der Waals surface area contributed by atoms with E-state index in [1.54, 1.807) is 7.05 Å². The summed E-state index contributed by atoms with van der Waals surface area (Å²) in [5, 5.41) is 13.4. The highest BCUT2D eigenvalue weighted by Gasteiger charge is 2.52. The summed E-state index contributed by atoms with van der Waals surface area (Å²) in [4.78, 5) is 41.4. The molecule has 0 amide bonds. The molecule has 68 heavy (non-hydrogen) atoms. The summed E-state index contributed by atoms with van der Waals surface area (Å²) in [7, 11) is -1.94. The molecule has 10 heteroatoms. The maximum atomic E-state index is 13.8. The zero-order chi connectivity index (χ0) is 50.7. The van der Waals surface area contributed by atoms with Gasteiger partial charge in [-0.3, -0.25) is 18.6 Å². The summed E-state index contributed by atoms with van der Waals surface area (Å²) >= 11 is 0. The van der Waals surface area contributed by atoms with Crippen molar-refractivity contribution in [2.75, 3.05) is 14.2 Å². The molecule has 406 valence electrons. The molecule has 0 saturated heterocycles.